The van der Waals surface area contributed by atoms with Gasteiger partial charge in [-0.05, 0) is 31.2 Å². The van der Waals surface area contributed by atoms with Crippen molar-refractivity contribution in [1.29, 1.82) is 0 Å². The van der Waals surface area contributed by atoms with Crippen molar-refractivity contribution in [1.82, 2.24) is 20.0 Å². The number of fused-ring (bicyclic) bond motifs is 1. The zero-order chi connectivity index (χ0) is 20.3. The predicted octanol–water partition coefficient (Wildman–Crippen LogP) is 2.33. The Balaban J connectivity index is 1.59. The van der Waals surface area contributed by atoms with Gasteiger partial charge in [0.15, 0.2) is 0 Å². The predicted molar refractivity (Wildman–Crippen MR) is 102 cm³/mol. The third-order valence-electron chi connectivity index (χ3n) is 4.00. The molecule has 9 nitrogen and oxygen atoms in total. The Morgan fingerprint density at radius 3 is 2.82 bits per heavy atom. The summed E-state index contributed by atoms with van der Waals surface area (Å²) in [5, 5.41) is 16.1. The van der Waals surface area contributed by atoms with E-state index in [1.807, 2.05) is 28.8 Å². The summed E-state index contributed by atoms with van der Waals surface area (Å²) in [6, 6.07) is 8.42. The number of rotatable bonds is 6. The van der Waals surface area contributed by atoms with Crippen LogP contribution in [0.4, 0.5) is 5.69 Å². The summed E-state index contributed by atoms with van der Waals surface area (Å²) in [5.41, 5.74) is 1.10. The van der Waals surface area contributed by atoms with E-state index >= 15 is 0 Å². The monoisotopic (exact) mass is 401 g/mol. The Hall–Kier alpha value is -3.46. The first-order valence-electron chi connectivity index (χ1n) is 8.30. The summed E-state index contributed by atoms with van der Waals surface area (Å²) < 4.78 is 1.83. The fourth-order valence-electron chi connectivity index (χ4n) is 2.54. The Labute approximate surface area is 164 Å². The minimum atomic E-state index is -0.848. The minimum Gasteiger partial charge on any atom is -0.349 e. The second kappa shape index (κ2) is 8.05. The van der Waals surface area contributed by atoms with Gasteiger partial charge in [-0.15, -0.1) is 0 Å². The molecule has 1 aromatic carbocycles. The molecule has 2 heterocycles. The summed E-state index contributed by atoms with van der Waals surface area (Å²) >= 11 is 5.74. The molecule has 2 amide bonds. The van der Waals surface area contributed by atoms with Crippen molar-refractivity contribution in [3.05, 3.63) is 75.2 Å². The lowest BCUT2D eigenvalue weighted by molar-refractivity contribution is -0.384. The van der Waals surface area contributed by atoms with Gasteiger partial charge in [-0.25, -0.2) is 4.98 Å². The molecule has 2 aromatic heterocycles. The van der Waals surface area contributed by atoms with Crippen LogP contribution in [0.25, 0.3) is 5.65 Å². The number of halogens is 1. The molecular weight excluding hydrogens is 386 g/mol. The van der Waals surface area contributed by atoms with Crippen molar-refractivity contribution >= 4 is 34.7 Å². The van der Waals surface area contributed by atoms with Crippen molar-refractivity contribution in [2.45, 2.75) is 19.5 Å². The SMILES string of the molecule is C[C@H](NC(=O)c1ccc(Cl)c([N+](=O)[O-])c1)C(=O)NCc1cn2ccccc2n1. The third kappa shape index (κ3) is 4.26. The van der Waals surface area contributed by atoms with Crippen molar-refractivity contribution in [2.75, 3.05) is 0 Å². The molecule has 0 radical (unpaired) electrons. The molecule has 28 heavy (non-hydrogen) atoms. The van der Waals surface area contributed by atoms with Crippen LogP contribution in [0.15, 0.2) is 48.8 Å². The highest BCUT2D eigenvalue weighted by atomic mass is 35.5. The summed E-state index contributed by atoms with van der Waals surface area (Å²) in [7, 11) is 0. The van der Waals surface area contributed by atoms with Crippen molar-refractivity contribution in [2.24, 2.45) is 0 Å². The normalized spacial score (nSPS) is 11.8. The van der Waals surface area contributed by atoms with Crippen LogP contribution in [0.3, 0.4) is 0 Å². The zero-order valence-electron chi connectivity index (χ0n) is 14.8. The molecule has 144 valence electrons. The van der Waals surface area contributed by atoms with Gasteiger partial charge >= 0.3 is 0 Å². The van der Waals surface area contributed by atoms with Crippen LogP contribution in [0.1, 0.15) is 23.0 Å². The zero-order valence-corrected chi connectivity index (χ0v) is 15.5. The molecule has 1 atom stereocenters. The minimum absolute atomic E-state index is 0.0381. The molecule has 0 aliphatic carbocycles. The average Bonchev–Trinajstić information content (AvgIpc) is 3.09. The van der Waals surface area contributed by atoms with Gasteiger partial charge in [0.25, 0.3) is 11.6 Å². The first-order valence-corrected chi connectivity index (χ1v) is 8.68. The van der Waals surface area contributed by atoms with Gasteiger partial charge in [-0.3, -0.25) is 19.7 Å². The summed E-state index contributed by atoms with van der Waals surface area (Å²) in [6.07, 6.45) is 3.65. The van der Waals surface area contributed by atoms with Crippen molar-refractivity contribution < 1.29 is 14.5 Å². The van der Waals surface area contributed by atoms with Crippen LogP contribution in [0.5, 0.6) is 0 Å². The standard InChI is InChI=1S/C18H16ClN5O4/c1-11(21-18(26)12-5-6-14(19)15(8-12)24(27)28)17(25)20-9-13-10-23-7-3-2-4-16(23)22-13/h2-8,10-11H,9H2,1H3,(H,20,25)(H,21,26)/t11-/m0/s1. The van der Waals surface area contributed by atoms with E-state index in [1.165, 1.54) is 19.1 Å². The maximum atomic E-state index is 12.3. The van der Waals surface area contributed by atoms with Crippen LogP contribution < -0.4 is 10.6 Å². The van der Waals surface area contributed by atoms with E-state index in [9.17, 15) is 19.7 Å². The van der Waals surface area contributed by atoms with Crippen molar-refractivity contribution in [3.8, 4) is 0 Å². The summed E-state index contributed by atoms with van der Waals surface area (Å²) in [6.45, 7) is 1.72. The molecule has 0 fully saturated rings. The number of nitro groups is 1. The van der Waals surface area contributed by atoms with E-state index in [0.29, 0.717) is 5.69 Å². The maximum Gasteiger partial charge on any atom is 0.288 e. The molecule has 0 saturated carbocycles. The van der Waals surface area contributed by atoms with Gasteiger partial charge in [-0.2, -0.15) is 0 Å². The van der Waals surface area contributed by atoms with Crippen LogP contribution in [-0.2, 0) is 11.3 Å². The number of nitro benzene ring substituents is 1. The number of benzene rings is 1. The first kappa shape index (κ1) is 19.3. The molecule has 0 aliphatic rings. The molecule has 0 spiro atoms. The van der Waals surface area contributed by atoms with E-state index in [-0.39, 0.29) is 22.8 Å². The number of nitrogens with zero attached hydrogens (tertiary/aromatic N) is 3. The first-order chi connectivity index (χ1) is 13.3. The smallest absolute Gasteiger partial charge is 0.288 e. The van der Waals surface area contributed by atoms with Crippen molar-refractivity contribution in [3.63, 3.8) is 0 Å². The molecule has 0 aliphatic heterocycles. The van der Waals surface area contributed by atoms with Crippen LogP contribution in [0, 0.1) is 10.1 Å². The van der Waals surface area contributed by atoms with Crippen LogP contribution in [-0.4, -0.2) is 32.2 Å². The number of hydrogen-bond donors (Lipinski definition) is 2. The Kier molecular flexibility index (Phi) is 5.55. The number of imidazole rings is 1. The Morgan fingerprint density at radius 1 is 1.32 bits per heavy atom. The quantitative estimate of drug-likeness (QED) is 0.485. The summed E-state index contributed by atoms with van der Waals surface area (Å²) in [5.74, 6) is -1.02. The van der Waals surface area contributed by atoms with E-state index in [2.05, 4.69) is 15.6 Å². The molecule has 0 saturated heterocycles. The fraction of sp³-hybridized carbons (Fsp3) is 0.167. The van der Waals surface area contributed by atoms with Crippen LogP contribution in [0.2, 0.25) is 5.02 Å². The maximum absolute atomic E-state index is 12.3. The molecule has 3 aromatic rings. The lowest BCUT2D eigenvalue weighted by atomic mass is 10.1. The average molecular weight is 402 g/mol. The van der Waals surface area contributed by atoms with Gasteiger partial charge < -0.3 is 15.0 Å². The number of carbonyl (C=O) groups is 2. The molecular formula is C18H16ClN5O4. The van der Waals surface area contributed by atoms with E-state index < -0.39 is 22.8 Å². The van der Waals surface area contributed by atoms with E-state index in [0.717, 1.165) is 11.7 Å². The fourth-order valence-corrected chi connectivity index (χ4v) is 2.73. The second-order valence-corrected chi connectivity index (χ2v) is 6.44. The van der Waals surface area contributed by atoms with E-state index in [1.54, 1.807) is 6.20 Å². The number of nitrogens with one attached hydrogen (secondary N) is 2. The van der Waals surface area contributed by atoms with Gasteiger partial charge in [0.05, 0.1) is 17.2 Å². The number of aromatic nitrogens is 2. The van der Waals surface area contributed by atoms with E-state index in [4.69, 9.17) is 11.6 Å². The highest BCUT2D eigenvalue weighted by Gasteiger charge is 2.20. The Morgan fingerprint density at radius 2 is 2.11 bits per heavy atom. The molecule has 0 bridgehead atoms. The third-order valence-corrected chi connectivity index (χ3v) is 4.32. The Bertz CT molecular complexity index is 1030. The van der Waals surface area contributed by atoms with Gasteiger partial charge in [0.1, 0.15) is 16.7 Å². The molecule has 2 N–H and O–H groups in total. The van der Waals surface area contributed by atoms with Crippen LogP contribution >= 0.6 is 11.6 Å². The van der Waals surface area contributed by atoms with Gasteiger partial charge in [0.2, 0.25) is 5.91 Å². The molecule has 10 heteroatoms. The second-order valence-electron chi connectivity index (χ2n) is 6.03. The lowest BCUT2D eigenvalue weighted by Crippen LogP contribution is -2.44. The lowest BCUT2D eigenvalue weighted by Gasteiger charge is -2.13. The molecule has 0 unspecified atom stereocenters. The number of amides is 2. The van der Waals surface area contributed by atoms with Gasteiger partial charge in [0, 0.05) is 24.0 Å². The number of hydrogen-bond acceptors (Lipinski definition) is 5. The topological polar surface area (TPSA) is 119 Å². The largest absolute Gasteiger partial charge is 0.349 e. The summed E-state index contributed by atoms with van der Waals surface area (Å²) in [4.78, 5) is 39.1. The van der Waals surface area contributed by atoms with Gasteiger partial charge in [-0.1, -0.05) is 17.7 Å². The highest BCUT2D eigenvalue weighted by Crippen LogP contribution is 2.25. The number of carbonyl (C=O) groups excluding carboxylic acids is 2. The highest BCUT2D eigenvalue weighted by molar-refractivity contribution is 6.32. The molecule has 3 rings (SSSR count). The number of pyridine rings is 1.